The Morgan fingerprint density at radius 1 is 1.04 bits per heavy atom. The van der Waals surface area contributed by atoms with Crippen LogP contribution < -0.4 is 9.64 Å². The van der Waals surface area contributed by atoms with E-state index in [1.54, 1.807) is 54.6 Å². The SMILES string of the molecule is CC(=O)c1cccc(OCCCC(=O)N(CC(=O)O)c2ccccc2)c1. The largest absolute Gasteiger partial charge is 0.494 e. The fourth-order valence-corrected chi connectivity index (χ4v) is 2.42. The molecule has 2 rings (SSSR count). The smallest absolute Gasteiger partial charge is 0.323 e. The number of amides is 1. The lowest BCUT2D eigenvalue weighted by molar-refractivity contribution is -0.136. The van der Waals surface area contributed by atoms with Gasteiger partial charge in [-0.25, -0.2) is 0 Å². The molecule has 0 aliphatic rings. The molecule has 0 heterocycles. The Balaban J connectivity index is 1.89. The molecule has 2 aromatic carbocycles. The number of carbonyl (C=O) groups is 3. The van der Waals surface area contributed by atoms with Gasteiger partial charge >= 0.3 is 5.97 Å². The van der Waals surface area contributed by atoms with Crippen LogP contribution in [-0.4, -0.2) is 35.9 Å². The molecule has 0 radical (unpaired) electrons. The number of ketones is 1. The van der Waals surface area contributed by atoms with Crippen LogP contribution in [0, 0.1) is 0 Å². The summed E-state index contributed by atoms with van der Waals surface area (Å²) in [4.78, 5) is 36.0. The van der Waals surface area contributed by atoms with Crippen LogP contribution in [0.25, 0.3) is 0 Å². The van der Waals surface area contributed by atoms with Gasteiger partial charge in [-0.2, -0.15) is 0 Å². The molecule has 0 saturated heterocycles. The van der Waals surface area contributed by atoms with Crippen LogP contribution in [0.3, 0.4) is 0 Å². The minimum Gasteiger partial charge on any atom is -0.494 e. The number of carboxylic acid groups (broad SMARTS) is 1. The number of hydrogen-bond donors (Lipinski definition) is 1. The van der Waals surface area contributed by atoms with E-state index in [-0.39, 0.29) is 24.7 Å². The van der Waals surface area contributed by atoms with Crippen LogP contribution >= 0.6 is 0 Å². The van der Waals surface area contributed by atoms with Gasteiger partial charge in [0, 0.05) is 17.7 Å². The topological polar surface area (TPSA) is 83.9 Å². The number of aliphatic carboxylic acids is 1. The third-order valence-corrected chi connectivity index (χ3v) is 3.71. The molecule has 0 atom stereocenters. The molecule has 6 heteroatoms. The Hall–Kier alpha value is -3.15. The predicted octanol–water partition coefficient (Wildman–Crippen LogP) is 3.17. The van der Waals surface area contributed by atoms with Gasteiger partial charge in [0.25, 0.3) is 0 Å². The van der Waals surface area contributed by atoms with Crippen LogP contribution in [0.1, 0.15) is 30.1 Å². The molecule has 0 aromatic heterocycles. The lowest BCUT2D eigenvalue weighted by Crippen LogP contribution is -2.35. The summed E-state index contributed by atoms with van der Waals surface area (Å²) in [7, 11) is 0. The van der Waals surface area contributed by atoms with Gasteiger partial charge in [0.1, 0.15) is 12.3 Å². The highest BCUT2D eigenvalue weighted by Crippen LogP contribution is 2.16. The van der Waals surface area contributed by atoms with Crippen molar-refractivity contribution in [3.8, 4) is 5.75 Å². The molecule has 26 heavy (non-hydrogen) atoms. The van der Waals surface area contributed by atoms with Crippen LogP contribution in [0.4, 0.5) is 5.69 Å². The predicted molar refractivity (Wildman–Crippen MR) is 97.6 cm³/mol. The number of rotatable bonds is 9. The summed E-state index contributed by atoms with van der Waals surface area (Å²) in [5.74, 6) is -0.826. The zero-order valence-corrected chi connectivity index (χ0v) is 14.6. The van der Waals surface area contributed by atoms with Crippen molar-refractivity contribution >= 4 is 23.3 Å². The van der Waals surface area contributed by atoms with Crippen molar-refractivity contribution in [1.29, 1.82) is 0 Å². The molecule has 0 unspecified atom stereocenters. The first kappa shape index (κ1) is 19.2. The number of Topliss-reactive ketones (excluding diaryl/α,β-unsaturated/α-hetero) is 1. The monoisotopic (exact) mass is 355 g/mol. The van der Waals surface area contributed by atoms with Crippen molar-refractivity contribution in [2.75, 3.05) is 18.1 Å². The quantitative estimate of drug-likeness (QED) is 0.552. The Kier molecular flexibility index (Phi) is 6.91. The summed E-state index contributed by atoms with van der Waals surface area (Å²) in [5.41, 5.74) is 1.12. The zero-order chi connectivity index (χ0) is 18.9. The Bertz CT molecular complexity index is 773. The standard InChI is InChI=1S/C20H21NO5/c1-15(22)16-7-5-10-18(13-16)26-12-6-11-19(23)21(14-20(24)25)17-8-3-2-4-9-17/h2-5,7-10,13H,6,11-12,14H2,1H3,(H,24,25). The van der Waals surface area contributed by atoms with E-state index >= 15 is 0 Å². The highest BCUT2D eigenvalue weighted by molar-refractivity contribution is 5.97. The van der Waals surface area contributed by atoms with E-state index in [0.717, 1.165) is 0 Å². The number of para-hydroxylation sites is 1. The van der Waals surface area contributed by atoms with Gasteiger partial charge in [-0.3, -0.25) is 14.4 Å². The first-order chi connectivity index (χ1) is 12.5. The lowest BCUT2D eigenvalue weighted by Gasteiger charge is -2.20. The molecular formula is C20H21NO5. The number of hydrogen-bond acceptors (Lipinski definition) is 4. The van der Waals surface area contributed by atoms with Crippen molar-refractivity contribution < 1.29 is 24.2 Å². The van der Waals surface area contributed by atoms with E-state index in [0.29, 0.717) is 30.0 Å². The third kappa shape index (κ3) is 5.73. The van der Waals surface area contributed by atoms with E-state index in [1.807, 2.05) is 0 Å². The molecule has 0 saturated carbocycles. The molecule has 1 amide bonds. The van der Waals surface area contributed by atoms with E-state index < -0.39 is 5.97 Å². The van der Waals surface area contributed by atoms with Gasteiger partial charge in [-0.1, -0.05) is 30.3 Å². The number of carboxylic acids is 1. The van der Waals surface area contributed by atoms with Crippen molar-refractivity contribution in [2.24, 2.45) is 0 Å². The van der Waals surface area contributed by atoms with E-state index in [9.17, 15) is 14.4 Å². The summed E-state index contributed by atoms with van der Waals surface area (Å²) in [6.07, 6.45) is 0.598. The average Bonchev–Trinajstić information content (AvgIpc) is 2.64. The van der Waals surface area contributed by atoms with Gasteiger partial charge < -0.3 is 14.7 Å². The molecule has 136 valence electrons. The summed E-state index contributed by atoms with van der Waals surface area (Å²) in [5, 5.41) is 9.04. The normalized spacial score (nSPS) is 10.2. The summed E-state index contributed by atoms with van der Waals surface area (Å²) >= 11 is 0. The van der Waals surface area contributed by atoms with E-state index in [2.05, 4.69) is 0 Å². The summed E-state index contributed by atoms with van der Waals surface area (Å²) < 4.78 is 5.57. The first-order valence-corrected chi connectivity index (χ1v) is 8.28. The highest BCUT2D eigenvalue weighted by atomic mass is 16.5. The molecule has 1 N–H and O–H groups in total. The Labute approximate surface area is 152 Å². The third-order valence-electron chi connectivity index (χ3n) is 3.71. The molecule has 2 aromatic rings. The summed E-state index contributed by atoms with van der Waals surface area (Å²) in [6.45, 7) is 1.39. The second-order valence-electron chi connectivity index (χ2n) is 5.75. The minimum absolute atomic E-state index is 0.0437. The van der Waals surface area contributed by atoms with Gasteiger partial charge in [0.15, 0.2) is 5.78 Å². The van der Waals surface area contributed by atoms with Gasteiger partial charge in [0.05, 0.1) is 6.61 Å². The van der Waals surface area contributed by atoms with Crippen molar-refractivity contribution in [1.82, 2.24) is 0 Å². The Morgan fingerprint density at radius 3 is 2.42 bits per heavy atom. The van der Waals surface area contributed by atoms with Gasteiger partial charge in [-0.05, 0) is 37.6 Å². The maximum absolute atomic E-state index is 12.4. The number of ether oxygens (including phenoxy) is 1. The number of anilines is 1. The number of nitrogens with zero attached hydrogens (tertiary/aromatic N) is 1. The molecule has 0 aliphatic carbocycles. The van der Waals surface area contributed by atoms with Crippen LogP contribution in [0.2, 0.25) is 0 Å². The molecular weight excluding hydrogens is 334 g/mol. The maximum atomic E-state index is 12.4. The maximum Gasteiger partial charge on any atom is 0.323 e. The summed E-state index contributed by atoms with van der Waals surface area (Å²) in [6, 6.07) is 15.6. The molecule has 0 fully saturated rings. The highest BCUT2D eigenvalue weighted by Gasteiger charge is 2.18. The van der Waals surface area contributed by atoms with Gasteiger partial charge in [-0.15, -0.1) is 0 Å². The number of benzene rings is 2. The van der Waals surface area contributed by atoms with E-state index in [4.69, 9.17) is 9.84 Å². The fourth-order valence-electron chi connectivity index (χ4n) is 2.42. The van der Waals surface area contributed by atoms with Crippen LogP contribution in [0.15, 0.2) is 54.6 Å². The zero-order valence-electron chi connectivity index (χ0n) is 14.6. The minimum atomic E-state index is -1.07. The van der Waals surface area contributed by atoms with Crippen molar-refractivity contribution in [3.63, 3.8) is 0 Å². The average molecular weight is 355 g/mol. The van der Waals surface area contributed by atoms with Crippen molar-refractivity contribution in [3.05, 3.63) is 60.2 Å². The van der Waals surface area contributed by atoms with Gasteiger partial charge in [0.2, 0.25) is 5.91 Å². The Morgan fingerprint density at radius 2 is 1.77 bits per heavy atom. The lowest BCUT2D eigenvalue weighted by atomic mass is 10.1. The fraction of sp³-hybridized carbons (Fsp3) is 0.250. The molecule has 0 bridgehead atoms. The molecule has 0 spiro atoms. The second-order valence-corrected chi connectivity index (χ2v) is 5.75. The van der Waals surface area contributed by atoms with Crippen LogP contribution in [-0.2, 0) is 9.59 Å². The second kappa shape index (κ2) is 9.36. The van der Waals surface area contributed by atoms with Crippen molar-refractivity contribution in [2.45, 2.75) is 19.8 Å². The number of carbonyl (C=O) groups excluding carboxylic acids is 2. The van der Waals surface area contributed by atoms with Crippen LogP contribution in [0.5, 0.6) is 5.75 Å². The molecule has 0 aliphatic heterocycles. The first-order valence-electron chi connectivity index (χ1n) is 8.28. The van der Waals surface area contributed by atoms with E-state index in [1.165, 1.54) is 11.8 Å². The molecule has 6 nitrogen and oxygen atoms in total.